The van der Waals surface area contributed by atoms with Crippen LogP contribution < -0.4 is 5.73 Å². The van der Waals surface area contributed by atoms with E-state index in [0.717, 1.165) is 39.1 Å². The fraction of sp³-hybridized carbons (Fsp3) is 1.00. The molecule has 0 saturated carbocycles. The topological polar surface area (TPSA) is 38.5 Å². The molecule has 1 heterocycles. The minimum absolute atomic E-state index is 0.0518. The molecule has 2 N–H and O–H groups in total. The molecule has 0 aromatic heterocycles. The zero-order valence-electron chi connectivity index (χ0n) is 13.8. The third-order valence-corrected chi connectivity index (χ3v) is 4.04. The van der Waals surface area contributed by atoms with Crippen molar-refractivity contribution < 1.29 is 4.74 Å². The quantitative estimate of drug-likeness (QED) is 0.806. The largest absolute Gasteiger partial charge is 0.375 e. The molecule has 0 aromatic carbocycles. The van der Waals surface area contributed by atoms with E-state index in [0.29, 0.717) is 11.8 Å². The Morgan fingerprint density at radius 2 is 1.63 bits per heavy atom. The standard InChI is InChI=1S/C16H34N2O/c1-13(2)9-18(10-14(3)4)16(12-17)7-8-19-15(5,6)11-16/h13-14H,7-12,17H2,1-6H3. The van der Waals surface area contributed by atoms with E-state index in [1.807, 2.05) is 0 Å². The molecule has 1 aliphatic rings. The second-order valence-corrected chi connectivity index (χ2v) is 7.66. The molecule has 1 saturated heterocycles. The van der Waals surface area contributed by atoms with Crippen LogP contribution in [0.15, 0.2) is 0 Å². The zero-order chi connectivity index (χ0) is 14.7. The minimum atomic E-state index is -0.0518. The Labute approximate surface area is 119 Å². The highest BCUT2D eigenvalue weighted by molar-refractivity contribution is 4.99. The first kappa shape index (κ1) is 16.9. The van der Waals surface area contributed by atoms with Crippen LogP contribution in [0.2, 0.25) is 0 Å². The Hall–Kier alpha value is -0.120. The molecule has 0 radical (unpaired) electrons. The Kier molecular flexibility index (Phi) is 5.84. The monoisotopic (exact) mass is 270 g/mol. The van der Waals surface area contributed by atoms with Crippen LogP contribution in [0.4, 0.5) is 0 Å². The van der Waals surface area contributed by atoms with Crippen molar-refractivity contribution in [2.45, 2.75) is 65.5 Å². The first-order valence-corrected chi connectivity index (χ1v) is 7.80. The number of hydrogen-bond acceptors (Lipinski definition) is 3. The fourth-order valence-electron chi connectivity index (χ4n) is 3.37. The van der Waals surface area contributed by atoms with Gasteiger partial charge in [0, 0.05) is 31.8 Å². The molecule has 3 heteroatoms. The number of ether oxygens (including phenoxy) is 1. The van der Waals surface area contributed by atoms with E-state index in [1.165, 1.54) is 0 Å². The molecule has 0 amide bonds. The van der Waals surface area contributed by atoms with Crippen LogP contribution in [-0.4, -0.2) is 42.3 Å². The van der Waals surface area contributed by atoms with E-state index in [4.69, 9.17) is 10.5 Å². The van der Waals surface area contributed by atoms with Crippen molar-refractivity contribution in [2.75, 3.05) is 26.2 Å². The van der Waals surface area contributed by atoms with Crippen molar-refractivity contribution in [1.29, 1.82) is 0 Å². The van der Waals surface area contributed by atoms with Crippen molar-refractivity contribution in [3.63, 3.8) is 0 Å². The van der Waals surface area contributed by atoms with Crippen molar-refractivity contribution in [3.8, 4) is 0 Å². The van der Waals surface area contributed by atoms with Crippen molar-refractivity contribution in [3.05, 3.63) is 0 Å². The molecule has 114 valence electrons. The summed E-state index contributed by atoms with van der Waals surface area (Å²) >= 11 is 0. The lowest BCUT2D eigenvalue weighted by Gasteiger charge is -2.51. The highest BCUT2D eigenvalue weighted by atomic mass is 16.5. The third kappa shape index (κ3) is 4.73. The maximum absolute atomic E-state index is 6.21. The second kappa shape index (κ2) is 6.55. The van der Waals surface area contributed by atoms with E-state index in [-0.39, 0.29) is 11.1 Å². The number of rotatable bonds is 6. The highest BCUT2D eigenvalue weighted by Gasteiger charge is 2.44. The number of hydrogen-bond donors (Lipinski definition) is 1. The van der Waals surface area contributed by atoms with Gasteiger partial charge in [-0.15, -0.1) is 0 Å². The average molecular weight is 270 g/mol. The summed E-state index contributed by atoms with van der Waals surface area (Å²) in [6.45, 7) is 17.4. The maximum atomic E-state index is 6.21. The molecule has 1 unspecified atom stereocenters. The molecule has 0 spiro atoms. The van der Waals surface area contributed by atoms with E-state index in [1.54, 1.807) is 0 Å². The molecular weight excluding hydrogens is 236 g/mol. The van der Waals surface area contributed by atoms with Gasteiger partial charge in [0.15, 0.2) is 0 Å². The van der Waals surface area contributed by atoms with Crippen molar-refractivity contribution >= 4 is 0 Å². The van der Waals surface area contributed by atoms with Gasteiger partial charge in [0.25, 0.3) is 0 Å². The van der Waals surface area contributed by atoms with E-state index in [2.05, 4.69) is 46.4 Å². The second-order valence-electron chi connectivity index (χ2n) is 7.66. The van der Waals surface area contributed by atoms with E-state index in [9.17, 15) is 0 Å². The third-order valence-electron chi connectivity index (χ3n) is 4.04. The van der Waals surface area contributed by atoms with Crippen molar-refractivity contribution in [1.82, 2.24) is 4.90 Å². The Morgan fingerprint density at radius 1 is 1.11 bits per heavy atom. The van der Waals surface area contributed by atoms with Crippen LogP contribution in [0.1, 0.15) is 54.4 Å². The van der Waals surface area contributed by atoms with E-state index < -0.39 is 0 Å². The summed E-state index contributed by atoms with van der Waals surface area (Å²) in [7, 11) is 0. The lowest BCUT2D eigenvalue weighted by atomic mass is 9.79. The van der Waals surface area contributed by atoms with Gasteiger partial charge in [-0.2, -0.15) is 0 Å². The molecule has 0 aromatic rings. The van der Waals surface area contributed by atoms with Crippen LogP contribution in [0.25, 0.3) is 0 Å². The van der Waals surface area contributed by atoms with E-state index >= 15 is 0 Å². The first-order valence-electron chi connectivity index (χ1n) is 7.80. The molecule has 1 aliphatic heterocycles. The lowest BCUT2D eigenvalue weighted by molar-refractivity contribution is -0.121. The molecule has 0 aliphatic carbocycles. The van der Waals surface area contributed by atoms with Gasteiger partial charge in [-0.05, 0) is 38.5 Å². The van der Waals surface area contributed by atoms with Crippen LogP contribution in [0.5, 0.6) is 0 Å². The maximum Gasteiger partial charge on any atom is 0.0644 e. The molecular formula is C16H34N2O. The average Bonchev–Trinajstić information content (AvgIpc) is 2.25. The zero-order valence-corrected chi connectivity index (χ0v) is 13.8. The Morgan fingerprint density at radius 3 is 2.00 bits per heavy atom. The Bertz CT molecular complexity index is 266. The van der Waals surface area contributed by atoms with Gasteiger partial charge >= 0.3 is 0 Å². The van der Waals surface area contributed by atoms with Crippen LogP contribution >= 0.6 is 0 Å². The van der Waals surface area contributed by atoms with Gasteiger partial charge < -0.3 is 10.5 Å². The van der Waals surface area contributed by atoms with Gasteiger partial charge in [-0.3, -0.25) is 4.90 Å². The summed E-state index contributed by atoms with van der Waals surface area (Å²) in [6.07, 6.45) is 2.10. The molecule has 19 heavy (non-hydrogen) atoms. The normalized spacial score (nSPS) is 27.5. The van der Waals surface area contributed by atoms with Gasteiger partial charge in [0.05, 0.1) is 5.60 Å². The number of nitrogens with zero attached hydrogens (tertiary/aromatic N) is 1. The summed E-state index contributed by atoms with van der Waals surface area (Å²) in [5.41, 5.74) is 6.28. The van der Waals surface area contributed by atoms with Crippen LogP contribution in [0.3, 0.4) is 0 Å². The van der Waals surface area contributed by atoms with Gasteiger partial charge in [-0.25, -0.2) is 0 Å². The smallest absolute Gasteiger partial charge is 0.0644 e. The SMILES string of the molecule is CC(C)CN(CC(C)C)C1(CN)CCOC(C)(C)C1. The molecule has 3 nitrogen and oxygen atoms in total. The summed E-state index contributed by atoms with van der Waals surface area (Å²) in [6, 6.07) is 0. The molecule has 1 atom stereocenters. The minimum Gasteiger partial charge on any atom is -0.375 e. The first-order chi connectivity index (χ1) is 8.71. The van der Waals surface area contributed by atoms with Crippen molar-refractivity contribution in [2.24, 2.45) is 17.6 Å². The fourth-order valence-corrected chi connectivity index (χ4v) is 3.37. The predicted molar refractivity (Wildman–Crippen MR) is 82.3 cm³/mol. The van der Waals surface area contributed by atoms with Gasteiger partial charge in [0.2, 0.25) is 0 Å². The van der Waals surface area contributed by atoms with Crippen LogP contribution in [-0.2, 0) is 4.74 Å². The predicted octanol–water partition coefficient (Wildman–Crippen LogP) is 2.89. The number of nitrogens with two attached hydrogens (primary N) is 1. The summed E-state index contributed by atoms with van der Waals surface area (Å²) in [5, 5.41) is 0. The van der Waals surface area contributed by atoms with Gasteiger partial charge in [-0.1, -0.05) is 27.7 Å². The lowest BCUT2D eigenvalue weighted by Crippen LogP contribution is -2.61. The molecule has 1 fully saturated rings. The Balaban J connectivity index is 2.92. The van der Waals surface area contributed by atoms with Crippen LogP contribution in [0, 0.1) is 11.8 Å². The molecule has 0 bridgehead atoms. The van der Waals surface area contributed by atoms with Gasteiger partial charge in [0.1, 0.15) is 0 Å². The summed E-state index contributed by atoms with van der Waals surface area (Å²) < 4.78 is 5.90. The molecule has 1 rings (SSSR count). The summed E-state index contributed by atoms with van der Waals surface area (Å²) in [4.78, 5) is 2.65. The highest BCUT2D eigenvalue weighted by Crippen LogP contribution is 2.36. The summed E-state index contributed by atoms with van der Waals surface area (Å²) in [5.74, 6) is 1.35.